The molecule has 0 N–H and O–H groups in total. The molecule has 0 heterocycles. The molecule has 2 rings (SSSR count). The van der Waals surface area contributed by atoms with Crippen molar-refractivity contribution in [1.82, 2.24) is 0 Å². The van der Waals surface area contributed by atoms with Crippen molar-refractivity contribution in [3.63, 3.8) is 0 Å². The minimum absolute atomic E-state index is 0.0491. The maximum Gasteiger partial charge on any atom is 0.358 e. The molecule has 0 fully saturated rings. The molecule has 17 heavy (non-hydrogen) atoms. The third kappa shape index (κ3) is 3.44. The van der Waals surface area contributed by atoms with Gasteiger partial charge in [-0.15, -0.1) is 0 Å². The average Bonchev–Trinajstić information content (AvgIpc) is 2.23. The van der Waals surface area contributed by atoms with Crippen LogP contribution in [-0.2, 0) is 0 Å². The summed E-state index contributed by atoms with van der Waals surface area (Å²) in [5.74, 6) is 0. The zero-order chi connectivity index (χ0) is 12.4. The Morgan fingerprint density at radius 1 is 0.941 bits per heavy atom. The van der Waals surface area contributed by atoms with Crippen LogP contribution in [0, 0.1) is 31.5 Å². The van der Waals surface area contributed by atoms with Gasteiger partial charge in [0.2, 0.25) is 0 Å². The fourth-order valence-corrected chi connectivity index (χ4v) is 5.74. The Labute approximate surface area is 127 Å². The number of rotatable bonds is 2. The molecule has 88 valence electrons. The van der Waals surface area contributed by atoms with Crippen molar-refractivity contribution in [2.75, 3.05) is 0 Å². The second-order valence-corrected chi connectivity index (χ2v) is 8.36. The molecule has 0 bridgehead atoms. The Kier molecular flexibility index (Phi) is 4.47. The predicted octanol–water partition coefficient (Wildman–Crippen LogP) is 1.34. The lowest BCUT2D eigenvalue weighted by molar-refractivity contribution is -0.598. The summed E-state index contributed by atoms with van der Waals surface area (Å²) in [6.45, 7) is 6.65. The Balaban J connectivity index is 2.36. The molecule has 2 aromatic rings. The van der Waals surface area contributed by atoms with Crippen molar-refractivity contribution in [3.8, 4) is 0 Å². The van der Waals surface area contributed by atoms with Crippen LogP contribution in [0.1, 0.15) is 16.7 Å². The molecular weight excluding hydrogens is 434 g/mol. The molecule has 0 aromatic heterocycles. The summed E-state index contributed by atoms with van der Waals surface area (Å²) in [7, 11) is 0. The Morgan fingerprint density at radius 3 is 2.18 bits per heavy atom. The normalized spacial score (nSPS) is 10.6. The first kappa shape index (κ1) is 13.3. The first-order valence-electron chi connectivity index (χ1n) is 5.54. The zero-order valence-electron chi connectivity index (χ0n) is 10.2. The summed E-state index contributed by atoms with van der Waals surface area (Å²) in [4.78, 5) is 0. The van der Waals surface area contributed by atoms with Crippen molar-refractivity contribution < 1.29 is 21.2 Å². The van der Waals surface area contributed by atoms with Gasteiger partial charge in [0.25, 0.3) is 0 Å². The van der Waals surface area contributed by atoms with Gasteiger partial charge in [0.15, 0.2) is 7.14 Å². The fourth-order valence-electron chi connectivity index (χ4n) is 1.94. The van der Waals surface area contributed by atoms with Gasteiger partial charge in [-0.2, -0.15) is 0 Å². The van der Waals surface area contributed by atoms with Crippen LogP contribution in [0.5, 0.6) is 0 Å². The molecule has 0 atom stereocenters. The van der Waals surface area contributed by atoms with Crippen LogP contribution in [0.15, 0.2) is 36.4 Å². The molecule has 0 aliphatic heterocycles. The second-order valence-electron chi connectivity index (χ2n) is 4.25. The second kappa shape index (κ2) is 5.69. The van der Waals surface area contributed by atoms with E-state index in [4.69, 9.17) is 0 Å². The smallest absolute Gasteiger partial charge is 0.0567 e. The van der Waals surface area contributed by atoms with E-state index in [-0.39, 0.29) is 21.2 Å². The molecule has 0 aliphatic rings. The van der Waals surface area contributed by atoms with E-state index in [1.807, 2.05) is 0 Å². The van der Waals surface area contributed by atoms with Crippen LogP contribution in [0.4, 0.5) is 0 Å². The topological polar surface area (TPSA) is 0 Å². The standard InChI is InChI=1S/C15H15I2/c1-10-7-11(2)15(12(3)8-10)17-14-6-4-5-13(16)9-14/h4-9H,1-3H3/q+1. The van der Waals surface area contributed by atoms with Gasteiger partial charge in [0.05, 0.1) is 0 Å². The first-order chi connectivity index (χ1) is 8.06. The minimum atomic E-state index is -0.0491. The van der Waals surface area contributed by atoms with E-state index >= 15 is 0 Å². The third-order valence-electron chi connectivity index (χ3n) is 2.57. The highest BCUT2D eigenvalue weighted by molar-refractivity contribution is 14.1. The van der Waals surface area contributed by atoms with Crippen molar-refractivity contribution in [1.29, 1.82) is 0 Å². The summed E-state index contributed by atoms with van der Waals surface area (Å²) >= 11 is 2.34. The molecule has 2 heteroatoms. The van der Waals surface area contributed by atoms with E-state index in [0.717, 1.165) is 0 Å². The molecule has 0 saturated heterocycles. The predicted molar refractivity (Wildman–Crippen MR) is 77.2 cm³/mol. The third-order valence-corrected chi connectivity index (χ3v) is 6.78. The molecule has 2 aromatic carbocycles. The Hall–Kier alpha value is -0.100. The summed E-state index contributed by atoms with van der Waals surface area (Å²) in [6, 6.07) is 13.5. The lowest BCUT2D eigenvalue weighted by Gasteiger charge is -2.00. The molecule has 0 amide bonds. The Bertz CT molecular complexity index is 521. The number of benzene rings is 2. The molecule has 0 aliphatic carbocycles. The summed E-state index contributed by atoms with van der Waals surface area (Å²) < 4.78 is 4.42. The lowest BCUT2D eigenvalue weighted by Crippen LogP contribution is -3.62. The molecular formula is C15H15I2+. The summed E-state index contributed by atoms with van der Waals surface area (Å²) in [5, 5.41) is 0. The lowest BCUT2D eigenvalue weighted by atomic mass is 10.1. The van der Waals surface area contributed by atoms with Gasteiger partial charge >= 0.3 is 21.2 Å². The summed E-state index contributed by atoms with van der Waals surface area (Å²) in [5.41, 5.74) is 4.28. The highest BCUT2D eigenvalue weighted by atomic mass is 127. The number of hydrogen-bond donors (Lipinski definition) is 0. The number of halogens is 2. The number of hydrogen-bond acceptors (Lipinski definition) is 0. The van der Waals surface area contributed by atoms with Crippen LogP contribution in [0.3, 0.4) is 0 Å². The number of aryl methyl sites for hydroxylation is 3. The average molecular weight is 449 g/mol. The zero-order valence-corrected chi connectivity index (χ0v) is 14.5. The molecule has 0 nitrogen and oxygen atoms in total. The SMILES string of the molecule is Cc1cc(C)c([I+]c2cccc(I)c2)c(C)c1. The van der Waals surface area contributed by atoms with E-state index in [0.29, 0.717) is 0 Å². The van der Waals surface area contributed by atoms with Gasteiger partial charge in [-0.25, -0.2) is 0 Å². The van der Waals surface area contributed by atoms with Crippen LogP contribution in [0.25, 0.3) is 0 Å². The van der Waals surface area contributed by atoms with Gasteiger partial charge in [-0.1, -0.05) is 23.8 Å². The summed E-state index contributed by atoms with van der Waals surface area (Å²) in [6.07, 6.45) is 0. The van der Waals surface area contributed by atoms with E-state index in [2.05, 4.69) is 79.8 Å². The van der Waals surface area contributed by atoms with E-state index < -0.39 is 0 Å². The highest BCUT2D eigenvalue weighted by Gasteiger charge is 2.21. The molecule has 0 radical (unpaired) electrons. The van der Waals surface area contributed by atoms with Crippen molar-refractivity contribution in [3.05, 3.63) is 63.8 Å². The van der Waals surface area contributed by atoms with Crippen molar-refractivity contribution in [2.24, 2.45) is 0 Å². The van der Waals surface area contributed by atoms with Gasteiger partial charge in [0.1, 0.15) is 0 Å². The van der Waals surface area contributed by atoms with Gasteiger partial charge in [-0.3, -0.25) is 0 Å². The molecule has 0 unspecified atom stereocenters. The molecule has 0 spiro atoms. The molecule has 0 saturated carbocycles. The quantitative estimate of drug-likeness (QED) is 0.608. The van der Waals surface area contributed by atoms with Gasteiger partial charge < -0.3 is 0 Å². The van der Waals surface area contributed by atoms with Gasteiger partial charge in [0, 0.05) is 20.8 Å². The highest BCUT2D eigenvalue weighted by Crippen LogP contribution is 2.08. The van der Waals surface area contributed by atoms with Gasteiger partial charge in [-0.05, 0) is 55.5 Å². The van der Waals surface area contributed by atoms with Crippen LogP contribution < -0.4 is 21.2 Å². The van der Waals surface area contributed by atoms with Crippen molar-refractivity contribution in [2.45, 2.75) is 20.8 Å². The van der Waals surface area contributed by atoms with Crippen LogP contribution in [-0.4, -0.2) is 0 Å². The maximum atomic E-state index is 2.39. The van der Waals surface area contributed by atoms with E-state index in [1.165, 1.54) is 23.8 Å². The Morgan fingerprint density at radius 2 is 1.59 bits per heavy atom. The largest absolute Gasteiger partial charge is 0.358 e. The monoisotopic (exact) mass is 449 g/mol. The van der Waals surface area contributed by atoms with E-state index in [9.17, 15) is 0 Å². The maximum absolute atomic E-state index is 2.39. The van der Waals surface area contributed by atoms with E-state index in [1.54, 1.807) is 3.57 Å². The fraction of sp³-hybridized carbons (Fsp3) is 0.200. The van der Waals surface area contributed by atoms with Crippen molar-refractivity contribution >= 4 is 22.6 Å². The van der Waals surface area contributed by atoms with Crippen LogP contribution in [0.2, 0.25) is 0 Å². The first-order valence-corrected chi connectivity index (χ1v) is 8.78. The van der Waals surface area contributed by atoms with Crippen LogP contribution >= 0.6 is 22.6 Å². The minimum Gasteiger partial charge on any atom is -0.0567 e.